The second-order valence-corrected chi connectivity index (χ2v) is 10.9. The molecule has 6 aromatic rings. The number of nitrogens with zero attached hydrogens (tertiary/aromatic N) is 1. The number of aromatic nitrogens is 1. The van der Waals surface area contributed by atoms with Crippen LogP contribution in [0.25, 0.3) is 22.4 Å². The van der Waals surface area contributed by atoms with Gasteiger partial charge in [0.2, 0.25) is 5.91 Å². The van der Waals surface area contributed by atoms with E-state index in [2.05, 4.69) is 5.32 Å². The average molecular weight is 594 g/mol. The van der Waals surface area contributed by atoms with E-state index in [0.717, 1.165) is 22.3 Å². The van der Waals surface area contributed by atoms with Gasteiger partial charge in [0, 0.05) is 23.2 Å². The Hall–Kier alpha value is -5.59. The summed E-state index contributed by atoms with van der Waals surface area (Å²) in [5.41, 5.74) is 12.1. The molecule has 5 nitrogen and oxygen atoms in total. The van der Waals surface area contributed by atoms with Crippen molar-refractivity contribution in [2.24, 2.45) is 5.73 Å². The highest BCUT2D eigenvalue weighted by molar-refractivity contribution is 5.96. The van der Waals surface area contributed by atoms with Crippen LogP contribution >= 0.6 is 0 Å². The van der Waals surface area contributed by atoms with Gasteiger partial charge in [-0.1, -0.05) is 115 Å². The molecule has 0 aliphatic carbocycles. The van der Waals surface area contributed by atoms with Crippen molar-refractivity contribution in [2.75, 3.05) is 5.32 Å². The van der Waals surface area contributed by atoms with Crippen LogP contribution < -0.4 is 16.6 Å². The van der Waals surface area contributed by atoms with Crippen molar-refractivity contribution in [3.8, 4) is 22.4 Å². The van der Waals surface area contributed by atoms with Gasteiger partial charge in [0.25, 0.3) is 5.56 Å². The molecule has 0 unspecified atom stereocenters. The molecule has 0 radical (unpaired) electrons. The lowest BCUT2D eigenvalue weighted by Crippen LogP contribution is -2.41. The summed E-state index contributed by atoms with van der Waals surface area (Å²) >= 11 is 0. The predicted molar refractivity (Wildman–Crippen MR) is 178 cm³/mol. The normalized spacial score (nSPS) is 11.7. The molecule has 1 heterocycles. The van der Waals surface area contributed by atoms with E-state index in [-0.39, 0.29) is 17.4 Å². The van der Waals surface area contributed by atoms with Gasteiger partial charge in [-0.05, 0) is 58.1 Å². The molecule has 0 spiro atoms. The molecule has 1 atom stereocenters. The zero-order chi connectivity index (χ0) is 31.2. The topological polar surface area (TPSA) is 77.1 Å². The maximum Gasteiger partial charge on any atom is 0.251 e. The van der Waals surface area contributed by atoms with E-state index >= 15 is 4.39 Å². The number of carbonyl (C=O) groups is 1. The lowest BCUT2D eigenvalue weighted by atomic mass is 9.85. The predicted octanol–water partition coefficient (Wildman–Crippen LogP) is 7.47. The number of hydrogen-bond acceptors (Lipinski definition) is 3. The molecule has 6 rings (SSSR count). The first-order chi connectivity index (χ1) is 22.0. The van der Waals surface area contributed by atoms with Crippen LogP contribution in [0, 0.1) is 5.82 Å². The molecule has 0 aliphatic rings. The molecule has 1 amide bonds. The second-order valence-electron chi connectivity index (χ2n) is 10.9. The van der Waals surface area contributed by atoms with E-state index in [1.54, 1.807) is 34.9 Å². The molecule has 1 aromatic heterocycles. The van der Waals surface area contributed by atoms with Crippen LogP contribution in [0.2, 0.25) is 0 Å². The highest BCUT2D eigenvalue weighted by Crippen LogP contribution is 2.30. The molecular formula is C39H32FN3O2. The number of hydrogen-bond donors (Lipinski definition) is 2. The van der Waals surface area contributed by atoms with Crippen LogP contribution in [0.4, 0.5) is 10.1 Å². The summed E-state index contributed by atoms with van der Waals surface area (Å²) in [7, 11) is 0. The first-order valence-electron chi connectivity index (χ1n) is 14.8. The summed E-state index contributed by atoms with van der Waals surface area (Å²) < 4.78 is 17.2. The van der Waals surface area contributed by atoms with E-state index in [1.807, 2.05) is 109 Å². The average Bonchev–Trinajstić information content (AvgIpc) is 3.08. The summed E-state index contributed by atoms with van der Waals surface area (Å²) in [6.07, 6.45) is 0. The van der Waals surface area contributed by atoms with Gasteiger partial charge in [-0.2, -0.15) is 0 Å². The largest absolute Gasteiger partial charge is 0.325 e. The van der Waals surface area contributed by atoms with Gasteiger partial charge in [0.1, 0.15) is 5.82 Å². The summed E-state index contributed by atoms with van der Waals surface area (Å²) in [4.78, 5) is 26.1. The Labute approximate surface area is 261 Å². The van der Waals surface area contributed by atoms with E-state index in [0.29, 0.717) is 29.1 Å². The molecule has 0 aliphatic heterocycles. The summed E-state index contributed by atoms with van der Waals surface area (Å²) in [5, 5.41) is 2.94. The molecule has 6 heteroatoms. The van der Waals surface area contributed by atoms with Crippen LogP contribution in [-0.2, 0) is 11.3 Å². The van der Waals surface area contributed by atoms with Crippen LogP contribution in [0.5, 0.6) is 0 Å². The van der Waals surface area contributed by atoms with Crippen molar-refractivity contribution in [1.82, 2.24) is 4.57 Å². The summed E-state index contributed by atoms with van der Waals surface area (Å²) in [6, 6.07) is 45.4. The third kappa shape index (κ3) is 6.66. The minimum atomic E-state index is -0.826. The second kappa shape index (κ2) is 13.4. The van der Waals surface area contributed by atoms with E-state index in [1.165, 1.54) is 12.1 Å². The van der Waals surface area contributed by atoms with Gasteiger partial charge in [-0.25, -0.2) is 4.39 Å². The third-order valence-electron chi connectivity index (χ3n) is 7.94. The molecule has 3 N–H and O–H groups in total. The van der Waals surface area contributed by atoms with Crippen molar-refractivity contribution >= 4 is 11.6 Å². The smallest absolute Gasteiger partial charge is 0.251 e. The first-order valence-corrected chi connectivity index (χ1v) is 14.8. The molecule has 45 heavy (non-hydrogen) atoms. The molecule has 0 saturated heterocycles. The highest BCUT2D eigenvalue weighted by Gasteiger charge is 2.27. The van der Waals surface area contributed by atoms with Gasteiger partial charge in [0.05, 0.1) is 18.3 Å². The molecule has 0 bridgehead atoms. The van der Waals surface area contributed by atoms with Gasteiger partial charge in [-0.3, -0.25) is 9.59 Å². The monoisotopic (exact) mass is 593 g/mol. The molecule has 0 saturated carbocycles. The van der Waals surface area contributed by atoms with E-state index < -0.39 is 11.9 Å². The minimum Gasteiger partial charge on any atom is -0.325 e. The van der Waals surface area contributed by atoms with Gasteiger partial charge < -0.3 is 15.6 Å². The number of benzene rings is 5. The first kappa shape index (κ1) is 29.5. The Morgan fingerprint density at radius 3 is 1.87 bits per heavy atom. The van der Waals surface area contributed by atoms with Gasteiger partial charge in [0.15, 0.2) is 0 Å². The van der Waals surface area contributed by atoms with E-state index in [4.69, 9.17) is 5.73 Å². The van der Waals surface area contributed by atoms with Crippen LogP contribution in [0.15, 0.2) is 156 Å². The van der Waals surface area contributed by atoms with Crippen molar-refractivity contribution in [3.63, 3.8) is 0 Å². The number of amides is 1. The lowest BCUT2D eigenvalue weighted by molar-refractivity contribution is -0.117. The quantitative estimate of drug-likeness (QED) is 0.183. The molecular weight excluding hydrogens is 561 g/mol. The maximum atomic E-state index is 15.6. The minimum absolute atomic E-state index is 0.198. The zero-order valence-electron chi connectivity index (χ0n) is 24.5. The fourth-order valence-electron chi connectivity index (χ4n) is 5.64. The van der Waals surface area contributed by atoms with Gasteiger partial charge >= 0.3 is 0 Å². The van der Waals surface area contributed by atoms with Gasteiger partial charge in [-0.15, -0.1) is 0 Å². The van der Waals surface area contributed by atoms with Crippen molar-refractivity contribution in [2.45, 2.75) is 18.5 Å². The Balaban J connectivity index is 1.20. The van der Waals surface area contributed by atoms with Crippen LogP contribution in [0.3, 0.4) is 0 Å². The van der Waals surface area contributed by atoms with Crippen molar-refractivity contribution < 1.29 is 9.18 Å². The SMILES string of the molecule is N[C@H](C(=O)Nc1ccc(-c2ccc(-c3cccc(=O)n3Cc3ccccc3)c(F)c2)cc1)C(c1ccccc1)c1ccccc1. The molecule has 5 aromatic carbocycles. The number of nitrogens with one attached hydrogen (secondary N) is 1. The van der Waals surface area contributed by atoms with Crippen molar-refractivity contribution in [1.29, 1.82) is 0 Å². The fourth-order valence-corrected chi connectivity index (χ4v) is 5.64. The fraction of sp³-hybridized carbons (Fsp3) is 0.0769. The zero-order valence-corrected chi connectivity index (χ0v) is 24.5. The standard InChI is InChI=1S/C39H32FN3O2/c40-34-25-31(21-24-33(34)35-17-10-18-36(44)43(35)26-27-11-4-1-5-12-27)28-19-22-32(23-20-28)42-39(45)38(41)37(29-13-6-2-7-14-29)30-15-8-3-9-16-30/h1-25,37-38H,26,41H2,(H,42,45)/t38-/m0/s1. The lowest BCUT2D eigenvalue weighted by Gasteiger charge is -2.24. The number of carbonyl (C=O) groups excluding carboxylic acids is 1. The summed E-state index contributed by atoms with van der Waals surface area (Å²) in [5.74, 6) is -1.06. The third-order valence-corrected chi connectivity index (χ3v) is 7.94. The van der Waals surface area contributed by atoms with Crippen LogP contribution in [0.1, 0.15) is 22.6 Å². The van der Waals surface area contributed by atoms with E-state index in [9.17, 15) is 9.59 Å². The molecule has 222 valence electrons. The maximum absolute atomic E-state index is 15.6. The summed E-state index contributed by atoms with van der Waals surface area (Å²) in [6.45, 7) is 0.339. The Bertz CT molecular complexity index is 1920. The van der Waals surface area contributed by atoms with Crippen LogP contribution in [-0.4, -0.2) is 16.5 Å². The molecule has 0 fully saturated rings. The number of anilines is 1. The Morgan fingerprint density at radius 1 is 0.689 bits per heavy atom. The number of rotatable bonds is 9. The number of halogens is 1. The Kier molecular flexibility index (Phi) is 8.76. The number of pyridine rings is 1. The Morgan fingerprint density at radius 2 is 1.27 bits per heavy atom. The van der Waals surface area contributed by atoms with Crippen molar-refractivity contribution in [3.05, 3.63) is 185 Å². The highest BCUT2D eigenvalue weighted by atomic mass is 19.1. The number of nitrogens with two attached hydrogens (primary N) is 1.